The zero-order valence-corrected chi connectivity index (χ0v) is 17.6. The van der Waals surface area contributed by atoms with Crippen molar-refractivity contribution in [2.24, 2.45) is 0 Å². The van der Waals surface area contributed by atoms with E-state index in [9.17, 15) is 23.5 Å². The molecule has 2 aliphatic heterocycles. The second-order valence-electron chi connectivity index (χ2n) is 8.28. The fraction of sp³-hybridized carbons (Fsp3) is 0.364. The number of anilines is 2. The van der Waals surface area contributed by atoms with Crippen molar-refractivity contribution in [1.29, 1.82) is 0 Å². The maximum absolute atomic E-state index is 14.4. The molecule has 11 heteroatoms. The van der Waals surface area contributed by atoms with Crippen molar-refractivity contribution >= 4 is 29.0 Å². The summed E-state index contributed by atoms with van der Waals surface area (Å²) >= 11 is 0. The summed E-state index contributed by atoms with van der Waals surface area (Å²) in [7, 11) is 0. The molecule has 3 aromatic rings. The van der Waals surface area contributed by atoms with Crippen LogP contribution in [-0.2, 0) is 9.59 Å². The lowest BCUT2D eigenvalue weighted by molar-refractivity contribution is -0.142. The van der Waals surface area contributed by atoms with Gasteiger partial charge in [-0.05, 0) is 43.5 Å². The van der Waals surface area contributed by atoms with Crippen LogP contribution in [0, 0.1) is 11.6 Å². The molecule has 2 amide bonds. The van der Waals surface area contributed by atoms with Gasteiger partial charge in [-0.1, -0.05) is 0 Å². The Morgan fingerprint density at radius 2 is 2.00 bits per heavy atom. The molecular formula is C22H22F2N6O3. The Bertz CT molecular complexity index is 1230. The highest BCUT2D eigenvalue weighted by Crippen LogP contribution is 2.37. The Balaban J connectivity index is 1.40. The molecule has 33 heavy (non-hydrogen) atoms. The van der Waals surface area contributed by atoms with Crippen molar-refractivity contribution in [2.45, 2.75) is 31.4 Å². The summed E-state index contributed by atoms with van der Waals surface area (Å²) in [4.78, 5) is 32.6. The Hall–Kier alpha value is -3.60. The van der Waals surface area contributed by atoms with Gasteiger partial charge < -0.3 is 20.2 Å². The number of rotatable bonds is 3. The first kappa shape index (κ1) is 21.3. The van der Waals surface area contributed by atoms with Crippen LogP contribution < -0.4 is 10.2 Å². The van der Waals surface area contributed by atoms with Crippen LogP contribution in [0.25, 0.3) is 5.65 Å². The van der Waals surface area contributed by atoms with Crippen LogP contribution in [0.1, 0.15) is 30.9 Å². The molecule has 1 aromatic carbocycles. The van der Waals surface area contributed by atoms with E-state index in [1.54, 1.807) is 12.3 Å². The average Bonchev–Trinajstić information content (AvgIpc) is 3.55. The van der Waals surface area contributed by atoms with Gasteiger partial charge in [0.1, 0.15) is 23.1 Å². The van der Waals surface area contributed by atoms with E-state index < -0.39 is 29.6 Å². The fourth-order valence-corrected chi connectivity index (χ4v) is 4.49. The van der Waals surface area contributed by atoms with Crippen molar-refractivity contribution in [3.8, 4) is 0 Å². The van der Waals surface area contributed by atoms with Gasteiger partial charge in [-0.3, -0.25) is 9.59 Å². The predicted octanol–water partition coefficient (Wildman–Crippen LogP) is 1.88. The van der Waals surface area contributed by atoms with E-state index in [4.69, 9.17) is 0 Å². The summed E-state index contributed by atoms with van der Waals surface area (Å²) in [5, 5.41) is 16.3. The van der Waals surface area contributed by atoms with Crippen molar-refractivity contribution in [3.05, 3.63) is 53.9 Å². The molecule has 2 N–H and O–H groups in total. The fourth-order valence-electron chi connectivity index (χ4n) is 4.49. The molecule has 0 radical (unpaired) electrons. The number of hydrogen-bond donors (Lipinski definition) is 2. The minimum absolute atomic E-state index is 0.121. The highest BCUT2D eigenvalue weighted by Gasteiger charge is 2.31. The number of carbonyl (C=O) groups excluding carboxylic acids is 2. The molecular weight excluding hydrogens is 434 g/mol. The molecule has 5 rings (SSSR count). The summed E-state index contributed by atoms with van der Waals surface area (Å²) in [6.07, 6.45) is 4.29. The largest absolute Gasteiger partial charge is 0.391 e. The second kappa shape index (κ2) is 8.39. The number of nitrogens with one attached hydrogen (secondary N) is 1. The number of halogens is 2. The zero-order chi connectivity index (χ0) is 23.1. The predicted molar refractivity (Wildman–Crippen MR) is 114 cm³/mol. The summed E-state index contributed by atoms with van der Waals surface area (Å²) in [5.74, 6) is -2.02. The number of hydrogen-bond acceptors (Lipinski definition) is 6. The van der Waals surface area contributed by atoms with Gasteiger partial charge in [0, 0.05) is 31.4 Å². The summed E-state index contributed by atoms with van der Waals surface area (Å²) in [5.41, 5.74) is 0.845. The number of likely N-dealkylation sites (tertiary alicyclic amines) is 1. The Labute approximate surface area is 187 Å². The normalized spacial score (nSPS) is 20.6. The first-order valence-electron chi connectivity index (χ1n) is 10.7. The van der Waals surface area contributed by atoms with E-state index in [2.05, 4.69) is 15.4 Å². The van der Waals surface area contributed by atoms with E-state index in [1.165, 1.54) is 21.7 Å². The van der Waals surface area contributed by atoms with Crippen LogP contribution in [0.15, 0.2) is 36.7 Å². The van der Waals surface area contributed by atoms with Gasteiger partial charge in [0.2, 0.25) is 0 Å². The van der Waals surface area contributed by atoms with Crippen LogP contribution >= 0.6 is 0 Å². The highest BCUT2D eigenvalue weighted by molar-refractivity contribution is 6.39. The number of amides is 2. The molecule has 2 aliphatic rings. The standard InChI is InChI=1S/C22H22F2N6O3/c23-13-3-4-16(24)15(10-13)18-2-1-7-29(18)19-6-9-30-20(27-19)17(11-25-30)26-21(32)22(33)28-8-5-14(31)12-28/h3-4,6,9-11,14,18,31H,1-2,5,7-8,12H2,(H,26,32). The number of nitrogens with zero attached hydrogens (tertiary/aromatic N) is 5. The van der Waals surface area contributed by atoms with Gasteiger partial charge in [-0.15, -0.1) is 0 Å². The van der Waals surface area contributed by atoms with Gasteiger partial charge >= 0.3 is 11.8 Å². The molecule has 0 spiro atoms. The van der Waals surface area contributed by atoms with E-state index in [0.29, 0.717) is 37.4 Å². The van der Waals surface area contributed by atoms with E-state index >= 15 is 0 Å². The Kier molecular flexibility index (Phi) is 5.41. The third-order valence-corrected chi connectivity index (χ3v) is 6.11. The average molecular weight is 456 g/mol. The maximum Gasteiger partial charge on any atom is 0.314 e. The quantitative estimate of drug-likeness (QED) is 0.584. The molecule has 2 atom stereocenters. The zero-order valence-electron chi connectivity index (χ0n) is 17.6. The van der Waals surface area contributed by atoms with Gasteiger partial charge in [0.05, 0.1) is 18.3 Å². The number of β-amino-alcohol motifs (C(OH)–C–C–N with tert-alkyl or cyclic N) is 1. The lowest BCUT2D eigenvalue weighted by atomic mass is 10.0. The number of benzene rings is 1. The maximum atomic E-state index is 14.4. The van der Waals surface area contributed by atoms with Gasteiger partial charge in [0.15, 0.2) is 5.65 Å². The van der Waals surface area contributed by atoms with Gasteiger partial charge in [0.25, 0.3) is 0 Å². The number of carbonyl (C=O) groups is 2. The van der Waals surface area contributed by atoms with E-state index in [-0.39, 0.29) is 23.8 Å². The highest BCUT2D eigenvalue weighted by atomic mass is 19.1. The third-order valence-electron chi connectivity index (χ3n) is 6.11. The van der Waals surface area contributed by atoms with Crippen molar-refractivity contribution in [1.82, 2.24) is 19.5 Å². The van der Waals surface area contributed by atoms with Crippen LogP contribution in [-0.4, -0.2) is 62.2 Å². The Morgan fingerprint density at radius 1 is 1.15 bits per heavy atom. The van der Waals surface area contributed by atoms with Crippen molar-refractivity contribution in [3.63, 3.8) is 0 Å². The third kappa shape index (κ3) is 3.99. The minimum Gasteiger partial charge on any atom is -0.391 e. The number of aliphatic hydroxyl groups excluding tert-OH is 1. The Morgan fingerprint density at radius 3 is 2.79 bits per heavy atom. The van der Waals surface area contributed by atoms with Crippen molar-refractivity contribution < 1.29 is 23.5 Å². The molecule has 2 unspecified atom stereocenters. The lowest BCUT2D eigenvalue weighted by Crippen LogP contribution is -2.38. The molecule has 0 bridgehead atoms. The van der Waals surface area contributed by atoms with Crippen LogP contribution in [0.3, 0.4) is 0 Å². The van der Waals surface area contributed by atoms with E-state index in [1.807, 2.05) is 4.90 Å². The first-order valence-corrected chi connectivity index (χ1v) is 10.7. The second-order valence-corrected chi connectivity index (χ2v) is 8.28. The monoisotopic (exact) mass is 456 g/mol. The summed E-state index contributed by atoms with van der Waals surface area (Å²) in [6.45, 7) is 1.05. The first-order chi connectivity index (χ1) is 15.9. The molecule has 172 valence electrons. The SMILES string of the molecule is O=C(Nc1cnn2ccc(N3CCCC3c3cc(F)ccc3F)nc12)C(=O)N1CCC(O)C1. The lowest BCUT2D eigenvalue weighted by Gasteiger charge is -2.26. The minimum atomic E-state index is -0.841. The summed E-state index contributed by atoms with van der Waals surface area (Å²) < 4.78 is 29.7. The van der Waals surface area contributed by atoms with Gasteiger partial charge in [-0.2, -0.15) is 5.10 Å². The molecule has 0 aliphatic carbocycles. The smallest absolute Gasteiger partial charge is 0.314 e. The molecule has 2 fully saturated rings. The van der Waals surface area contributed by atoms with Crippen molar-refractivity contribution in [2.75, 3.05) is 29.9 Å². The summed E-state index contributed by atoms with van der Waals surface area (Å²) in [6, 6.07) is 4.77. The molecule has 2 aromatic heterocycles. The van der Waals surface area contributed by atoms with Crippen LogP contribution in [0.5, 0.6) is 0 Å². The topological polar surface area (TPSA) is 103 Å². The van der Waals surface area contributed by atoms with Gasteiger partial charge in [-0.25, -0.2) is 18.3 Å². The number of aliphatic hydroxyl groups is 1. The van der Waals surface area contributed by atoms with Crippen LogP contribution in [0.2, 0.25) is 0 Å². The molecule has 4 heterocycles. The molecule has 9 nitrogen and oxygen atoms in total. The molecule has 2 saturated heterocycles. The molecule has 0 saturated carbocycles. The van der Waals surface area contributed by atoms with Crippen LogP contribution in [0.4, 0.5) is 20.3 Å². The number of fused-ring (bicyclic) bond motifs is 1. The van der Waals surface area contributed by atoms with E-state index in [0.717, 1.165) is 18.6 Å². The number of aromatic nitrogens is 3.